The molecule has 49 heavy (non-hydrogen) atoms. The molecular formula is C33H34N6O8S2. The molecule has 2 aromatic carbocycles. The highest BCUT2D eigenvalue weighted by atomic mass is 32.1. The Kier molecular flexibility index (Phi) is 13.5. The van der Waals surface area contributed by atoms with Gasteiger partial charge in [0.05, 0.1) is 33.5 Å². The Morgan fingerprint density at radius 2 is 1.08 bits per heavy atom. The normalized spacial score (nSPS) is 11.0. The minimum Gasteiger partial charge on any atom is -0.493 e. The van der Waals surface area contributed by atoms with Crippen molar-refractivity contribution >= 4 is 68.6 Å². The third-order valence-electron chi connectivity index (χ3n) is 6.36. The summed E-state index contributed by atoms with van der Waals surface area (Å²) in [5.74, 6) is -0.650. The number of methoxy groups -OCH3 is 2. The van der Waals surface area contributed by atoms with Gasteiger partial charge in [-0.25, -0.2) is 0 Å². The van der Waals surface area contributed by atoms with Crippen molar-refractivity contribution in [2.24, 2.45) is 0 Å². The van der Waals surface area contributed by atoms with Crippen LogP contribution < -0.4 is 29.6 Å². The molecule has 16 heteroatoms. The number of benzene rings is 2. The van der Waals surface area contributed by atoms with Crippen LogP contribution in [0.4, 0.5) is 10.3 Å². The first-order valence-corrected chi connectivity index (χ1v) is 16.5. The molecule has 0 saturated heterocycles. The lowest BCUT2D eigenvalue weighted by Gasteiger charge is -2.10. The zero-order valence-corrected chi connectivity index (χ0v) is 28.8. The van der Waals surface area contributed by atoms with Crippen molar-refractivity contribution in [1.82, 2.24) is 20.4 Å². The van der Waals surface area contributed by atoms with E-state index in [1.54, 1.807) is 48.6 Å². The summed E-state index contributed by atoms with van der Waals surface area (Å²) in [6, 6.07) is 9.68. The van der Waals surface area contributed by atoms with E-state index >= 15 is 0 Å². The van der Waals surface area contributed by atoms with Gasteiger partial charge in [-0.3, -0.25) is 19.2 Å². The third kappa shape index (κ3) is 11.9. The van der Waals surface area contributed by atoms with E-state index in [2.05, 4.69) is 31.0 Å². The van der Waals surface area contributed by atoms with Crippen LogP contribution in [0.5, 0.6) is 23.0 Å². The first kappa shape index (κ1) is 36.4. The number of hydrogen-bond acceptors (Lipinski definition) is 16. The number of aromatic nitrogens is 4. The first-order chi connectivity index (χ1) is 23.6. The number of rotatable bonds is 18. The molecule has 0 radical (unpaired) electrons. The number of ketones is 2. The van der Waals surface area contributed by atoms with E-state index in [4.69, 9.17) is 18.9 Å². The van der Waals surface area contributed by atoms with Crippen LogP contribution >= 0.6 is 22.7 Å². The minimum absolute atomic E-state index is 0.0976. The number of nitrogens with one attached hydrogen (secondary N) is 2. The van der Waals surface area contributed by atoms with E-state index in [-0.39, 0.29) is 30.8 Å². The van der Waals surface area contributed by atoms with Crippen LogP contribution in [-0.4, -0.2) is 71.2 Å². The highest BCUT2D eigenvalue weighted by Gasteiger charge is 2.13. The molecular weight excluding hydrogens is 673 g/mol. The number of hydrogen-bond donors (Lipinski definition) is 2. The standard InChI is InChI=1S/C33H34N6O8S2/c1-20-36-38-32(48-20)34-15-13-30(42)46-26-11-7-22(17-28(26)44-3)5-9-24(40)19-25(41)10-6-23-8-12-27(29(18-23)45-4)47-31(43)14-16-35-33-39-37-21(2)49-33/h5-12,17-18H,13-16,19H2,1-4H3,(H,34,38)(H,35,39)/b9-5+,10-6+. The summed E-state index contributed by atoms with van der Waals surface area (Å²) in [5, 5.41) is 24.6. The lowest BCUT2D eigenvalue weighted by atomic mass is 10.1. The van der Waals surface area contributed by atoms with E-state index < -0.39 is 23.5 Å². The van der Waals surface area contributed by atoms with Crippen molar-refractivity contribution in [1.29, 1.82) is 0 Å². The smallest absolute Gasteiger partial charge is 0.313 e. The largest absolute Gasteiger partial charge is 0.493 e. The average Bonchev–Trinajstić information content (AvgIpc) is 3.70. The van der Waals surface area contributed by atoms with Gasteiger partial charge in [-0.05, 0) is 61.4 Å². The molecule has 4 aromatic rings. The molecule has 0 atom stereocenters. The van der Waals surface area contributed by atoms with E-state index in [1.165, 1.54) is 49.0 Å². The van der Waals surface area contributed by atoms with Gasteiger partial charge in [0.25, 0.3) is 0 Å². The van der Waals surface area contributed by atoms with Gasteiger partial charge in [0.2, 0.25) is 10.3 Å². The highest BCUT2D eigenvalue weighted by Crippen LogP contribution is 2.30. The van der Waals surface area contributed by atoms with Crippen molar-refractivity contribution in [2.75, 3.05) is 37.9 Å². The topological polar surface area (TPSA) is 181 Å². The molecule has 0 amide bonds. The molecule has 0 bridgehead atoms. The van der Waals surface area contributed by atoms with E-state index in [1.807, 2.05) is 13.8 Å². The lowest BCUT2D eigenvalue weighted by molar-refractivity contribution is -0.135. The number of esters is 2. The molecule has 14 nitrogen and oxygen atoms in total. The highest BCUT2D eigenvalue weighted by molar-refractivity contribution is 7.15. The van der Waals surface area contributed by atoms with Crippen LogP contribution in [0.2, 0.25) is 0 Å². The van der Waals surface area contributed by atoms with Crippen molar-refractivity contribution in [3.05, 3.63) is 69.7 Å². The summed E-state index contributed by atoms with van der Waals surface area (Å²) in [7, 11) is 2.88. The molecule has 0 unspecified atom stereocenters. The van der Waals surface area contributed by atoms with Gasteiger partial charge in [-0.2, -0.15) is 0 Å². The van der Waals surface area contributed by atoms with Gasteiger partial charge in [0.1, 0.15) is 10.0 Å². The van der Waals surface area contributed by atoms with E-state index in [9.17, 15) is 19.2 Å². The van der Waals surface area contributed by atoms with Gasteiger partial charge < -0.3 is 29.6 Å². The number of nitrogens with zero attached hydrogens (tertiary/aromatic N) is 4. The van der Waals surface area contributed by atoms with Crippen molar-refractivity contribution in [3.8, 4) is 23.0 Å². The zero-order chi connectivity index (χ0) is 35.2. The molecule has 0 spiro atoms. The zero-order valence-electron chi connectivity index (χ0n) is 27.2. The summed E-state index contributed by atoms with van der Waals surface area (Å²) >= 11 is 2.78. The molecule has 2 aromatic heterocycles. The first-order valence-electron chi connectivity index (χ1n) is 14.9. The fourth-order valence-electron chi connectivity index (χ4n) is 4.04. The summed E-state index contributed by atoms with van der Waals surface area (Å²) in [4.78, 5) is 49.6. The maximum Gasteiger partial charge on any atom is 0.313 e. The van der Waals surface area contributed by atoms with Gasteiger partial charge in [0, 0.05) is 13.1 Å². The van der Waals surface area contributed by atoms with Crippen molar-refractivity contribution in [2.45, 2.75) is 33.1 Å². The van der Waals surface area contributed by atoms with Gasteiger partial charge in [-0.15, -0.1) is 20.4 Å². The second-order valence-electron chi connectivity index (χ2n) is 10.2. The Hall–Kier alpha value is -5.48. The number of aryl methyl sites for hydroxylation is 2. The molecule has 4 rings (SSSR count). The second kappa shape index (κ2) is 18.2. The molecule has 2 N–H and O–H groups in total. The second-order valence-corrected chi connectivity index (χ2v) is 12.5. The predicted octanol–water partition coefficient (Wildman–Crippen LogP) is 5.09. The van der Waals surface area contributed by atoms with Crippen LogP contribution in [0.15, 0.2) is 48.6 Å². The van der Waals surface area contributed by atoms with Crippen molar-refractivity contribution in [3.63, 3.8) is 0 Å². The quantitative estimate of drug-likeness (QED) is 0.0604. The molecule has 2 heterocycles. The third-order valence-corrected chi connectivity index (χ3v) is 7.95. The average molecular weight is 707 g/mol. The number of carbonyl (C=O) groups is 4. The summed E-state index contributed by atoms with van der Waals surface area (Å²) < 4.78 is 21.6. The molecule has 0 aliphatic carbocycles. The van der Waals surface area contributed by atoms with Crippen LogP contribution in [0.1, 0.15) is 40.4 Å². The SMILES string of the molecule is COc1cc(/C=C/C(=O)CC(=O)/C=C/c2ccc(OC(=O)CCNc3nnc(C)s3)c(OC)c2)ccc1OC(=O)CCNc1nnc(C)s1. The van der Waals surface area contributed by atoms with E-state index in [0.717, 1.165) is 10.0 Å². The predicted molar refractivity (Wildman–Crippen MR) is 185 cm³/mol. The fourth-order valence-corrected chi connectivity index (χ4v) is 5.27. The Morgan fingerprint density at radius 3 is 1.45 bits per heavy atom. The maximum atomic E-state index is 12.5. The maximum absolute atomic E-state index is 12.5. The summed E-state index contributed by atoms with van der Waals surface area (Å²) in [5.41, 5.74) is 1.22. The number of carbonyl (C=O) groups excluding carboxylic acids is 4. The fraction of sp³-hybridized carbons (Fsp3) is 0.273. The Labute approximate surface area is 290 Å². The summed E-state index contributed by atoms with van der Waals surface area (Å²) in [6.45, 7) is 4.34. The molecule has 0 aliphatic heterocycles. The summed E-state index contributed by atoms with van der Waals surface area (Å²) in [6.07, 6.45) is 5.52. The van der Waals surface area contributed by atoms with Gasteiger partial charge in [0.15, 0.2) is 34.6 Å². The monoisotopic (exact) mass is 706 g/mol. The molecule has 0 fully saturated rings. The Bertz CT molecular complexity index is 1720. The van der Waals surface area contributed by atoms with E-state index in [0.29, 0.717) is 46.0 Å². The number of allylic oxidation sites excluding steroid dienone is 2. The number of anilines is 2. The van der Waals surface area contributed by atoms with Gasteiger partial charge >= 0.3 is 11.9 Å². The van der Waals surface area contributed by atoms with Crippen molar-refractivity contribution < 1.29 is 38.1 Å². The Balaban J connectivity index is 1.23. The minimum atomic E-state index is -0.463. The van der Waals surface area contributed by atoms with Crippen LogP contribution in [0.3, 0.4) is 0 Å². The van der Waals surface area contributed by atoms with Crippen LogP contribution in [-0.2, 0) is 19.2 Å². The lowest BCUT2D eigenvalue weighted by Crippen LogP contribution is -2.14. The Morgan fingerprint density at radius 1 is 0.653 bits per heavy atom. The molecule has 0 aliphatic rings. The van der Waals surface area contributed by atoms with Crippen LogP contribution in [0.25, 0.3) is 12.2 Å². The molecule has 256 valence electrons. The molecule has 0 saturated carbocycles. The number of ether oxygens (including phenoxy) is 4. The van der Waals surface area contributed by atoms with Gasteiger partial charge in [-0.1, -0.05) is 47.0 Å². The van der Waals surface area contributed by atoms with Crippen LogP contribution in [0, 0.1) is 13.8 Å².